The predicted molar refractivity (Wildman–Crippen MR) is 114 cm³/mol. The lowest BCUT2D eigenvalue weighted by Crippen LogP contribution is -2.17. The van der Waals surface area contributed by atoms with Crippen LogP contribution in [-0.2, 0) is 0 Å². The Kier molecular flexibility index (Phi) is 5.56. The maximum absolute atomic E-state index is 12.5. The zero-order chi connectivity index (χ0) is 20.1. The van der Waals surface area contributed by atoms with Crippen LogP contribution in [0.15, 0.2) is 60.9 Å². The quantitative estimate of drug-likeness (QED) is 0.661. The van der Waals surface area contributed by atoms with Gasteiger partial charge in [0.2, 0.25) is 0 Å². The molecule has 0 aliphatic carbocycles. The van der Waals surface area contributed by atoms with Crippen molar-refractivity contribution in [1.82, 2.24) is 9.97 Å². The molecule has 3 aromatic rings. The SMILES string of the molecule is COc1ccc(NC(=O)c2cc(Nc3ccc(N4CCCC4)cc3)ncn2)cc1. The lowest BCUT2D eigenvalue weighted by molar-refractivity contribution is 0.102. The summed E-state index contributed by atoms with van der Waals surface area (Å²) in [6.45, 7) is 2.23. The number of ether oxygens (including phenoxy) is 1. The van der Waals surface area contributed by atoms with Crippen LogP contribution in [0, 0.1) is 0 Å². The Hall–Kier alpha value is -3.61. The van der Waals surface area contributed by atoms with Crippen molar-refractivity contribution >= 4 is 28.8 Å². The van der Waals surface area contributed by atoms with E-state index in [1.807, 2.05) is 12.1 Å². The molecule has 1 fully saturated rings. The minimum Gasteiger partial charge on any atom is -0.497 e. The van der Waals surface area contributed by atoms with E-state index in [0.717, 1.165) is 24.5 Å². The van der Waals surface area contributed by atoms with Crippen LogP contribution in [0.1, 0.15) is 23.3 Å². The van der Waals surface area contributed by atoms with E-state index in [4.69, 9.17) is 4.74 Å². The molecule has 1 saturated heterocycles. The highest BCUT2D eigenvalue weighted by atomic mass is 16.5. The highest BCUT2D eigenvalue weighted by Gasteiger charge is 2.12. The third kappa shape index (κ3) is 4.63. The summed E-state index contributed by atoms with van der Waals surface area (Å²) in [5.41, 5.74) is 3.09. The minimum atomic E-state index is -0.301. The summed E-state index contributed by atoms with van der Waals surface area (Å²) < 4.78 is 5.12. The molecule has 0 atom stereocenters. The lowest BCUT2D eigenvalue weighted by Gasteiger charge is -2.17. The average Bonchev–Trinajstić information content (AvgIpc) is 3.30. The van der Waals surface area contributed by atoms with Gasteiger partial charge in [-0.1, -0.05) is 0 Å². The molecule has 0 spiro atoms. The van der Waals surface area contributed by atoms with Gasteiger partial charge in [-0.3, -0.25) is 4.79 Å². The number of carbonyl (C=O) groups excluding carboxylic acids is 1. The van der Waals surface area contributed by atoms with Gasteiger partial charge in [0.1, 0.15) is 23.6 Å². The standard InChI is InChI=1S/C22H23N5O2/c1-29-19-10-6-17(7-11-19)26-22(28)20-14-21(24-15-23-20)25-16-4-8-18(9-5-16)27-12-2-3-13-27/h4-11,14-15H,2-3,12-13H2,1H3,(H,26,28)(H,23,24,25). The van der Waals surface area contributed by atoms with Crippen molar-refractivity contribution in [3.05, 3.63) is 66.6 Å². The van der Waals surface area contributed by atoms with Crippen LogP contribution in [0.2, 0.25) is 0 Å². The second kappa shape index (κ2) is 8.60. The van der Waals surface area contributed by atoms with Gasteiger partial charge in [0.25, 0.3) is 5.91 Å². The number of hydrogen-bond donors (Lipinski definition) is 2. The first-order valence-electron chi connectivity index (χ1n) is 9.61. The van der Waals surface area contributed by atoms with Crippen LogP contribution in [0.3, 0.4) is 0 Å². The van der Waals surface area contributed by atoms with Gasteiger partial charge in [-0.15, -0.1) is 0 Å². The number of carbonyl (C=O) groups is 1. The molecule has 2 heterocycles. The summed E-state index contributed by atoms with van der Waals surface area (Å²) in [6.07, 6.45) is 3.88. The number of amides is 1. The normalized spacial score (nSPS) is 13.2. The molecule has 0 radical (unpaired) electrons. The number of nitrogens with one attached hydrogen (secondary N) is 2. The second-order valence-electron chi connectivity index (χ2n) is 6.84. The number of nitrogens with zero attached hydrogens (tertiary/aromatic N) is 3. The summed E-state index contributed by atoms with van der Waals surface area (Å²) in [4.78, 5) is 23.2. The van der Waals surface area contributed by atoms with Gasteiger partial charge in [0.05, 0.1) is 7.11 Å². The molecule has 1 aliphatic heterocycles. The third-order valence-corrected chi connectivity index (χ3v) is 4.86. The second-order valence-corrected chi connectivity index (χ2v) is 6.84. The van der Waals surface area contributed by atoms with E-state index in [-0.39, 0.29) is 11.6 Å². The number of rotatable bonds is 6. The fraction of sp³-hybridized carbons (Fsp3) is 0.227. The van der Waals surface area contributed by atoms with Crippen molar-refractivity contribution in [2.75, 3.05) is 35.7 Å². The zero-order valence-corrected chi connectivity index (χ0v) is 16.3. The molecule has 1 amide bonds. The molecule has 7 heteroatoms. The van der Waals surface area contributed by atoms with Crippen molar-refractivity contribution in [3.63, 3.8) is 0 Å². The van der Waals surface area contributed by atoms with Gasteiger partial charge in [0.15, 0.2) is 0 Å². The van der Waals surface area contributed by atoms with E-state index in [1.165, 1.54) is 24.9 Å². The largest absolute Gasteiger partial charge is 0.497 e. The molecular weight excluding hydrogens is 366 g/mol. The van der Waals surface area contributed by atoms with E-state index in [0.29, 0.717) is 11.5 Å². The van der Waals surface area contributed by atoms with E-state index >= 15 is 0 Å². The van der Waals surface area contributed by atoms with Crippen LogP contribution in [0.5, 0.6) is 5.75 Å². The highest BCUT2D eigenvalue weighted by Crippen LogP contribution is 2.23. The Labute approximate surface area is 169 Å². The molecule has 0 bridgehead atoms. The Bertz CT molecular complexity index is 967. The fourth-order valence-electron chi connectivity index (χ4n) is 3.30. The number of anilines is 4. The van der Waals surface area contributed by atoms with Crippen molar-refractivity contribution in [2.45, 2.75) is 12.8 Å². The maximum atomic E-state index is 12.5. The first-order chi connectivity index (χ1) is 14.2. The van der Waals surface area contributed by atoms with Gasteiger partial charge < -0.3 is 20.3 Å². The maximum Gasteiger partial charge on any atom is 0.274 e. The highest BCUT2D eigenvalue weighted by molar-refractivity contribution is 6.03. The summed E-state index contributed by atoms with van der Waals surface area (Å²) in [5.74, 6) is 0.992. The van der Waals surface area contributed by atoms with E-state index in [2.05, 4.69) is 37.6 Å². The predicted octanol–water partition coefficient (Wildman–Crippen LogP) is 4.08. The molecule has 0 unspecified atom stereocenters. The molecule has 7 nitrogen and oxygen atoms in total. The van der Waals surface area contributed by atoms with Gasteiger partial charge >= 0.3 is 0 Å². The third-order valence-electron chi connectivity index (χ3n) is 4.86. The smallest absolute Gasteiger partial charge is 0.274 e. The summed E-state index contributed by atoms with van der Waals surface area (Å²) in [5, 5.41) is 6.05. The number of hydrogen-bond acceptors (Lipinski definition) is 6. The topological polar surface area (TPSA) is 79.4 Å². The minimum absolute atomic E-state index is 0.284. The van der Waals surface area contributed by atoms with Gasteiger partial charge in [-0.05, 0) is 61.4 Å². The molecule has 2 N–H and O–H groups in total. The van der Waals surface area contributed by atoms with Crippen LogP contribution in [0.4, 0.5) is 22.9 Å². The van der Waals surface area contributed by atoms with Gasteiger partial charge in [-0.25, -0.2) is 9.97 Å². The first-order valence-corrected chi connectivity index (χ1v) is 9.61. The Morgan fingerprint density at radius 2 is 1.66 bits per heavy atom. The van der Waals surface area contributed by atoms with Gasteiger partial charge in [0, 0.05) is 36.2 Å². The molecule has 148 valence electrons. The molecule has 4 rings (SSSR count). The Morgan fingerprint density at radius 1 is 0.966 bits per heavy atom. The summed E-state index contributed by atoms with van der Waals surface area (Å²) >= 11 is 0. The molecule has 0 saturated carbocycles. The number of methoxy groups -OCH3 is 1. The fourth-order valence-corrected chi connectivity index (χ4v) is 3.30. The van der Waals surface area contributed by atoms with Crippen molar-refractivity contribution in [2.24, 2.45) is 0 Å². The van der Waals surface area contributed by atoms with Crippen molar-refractivity contribution < 1.29 is 9.53 Å². The lowest BCUT2D eigenvalue weighted by atomic mass is 10.2. The van der Waals surface area contributed by atoms with Crippen LogP contribution < -0.4 is 20.3 Å². The molecular formula is C22H23N5O2. The molecule has 2 aromatic carbocycles. The Morgan fingerprint density at radius 3 is 2.34 bits per heavy atom. The summed E-state index contributed by atoms with van der Waals surface area (Å²) in [7, 11) is 1.60. The van der Waals surface area contributed by atoms with Crippen molar-refractivity contribution in [1.29, 1.82) is 0 Å². The monoisotopic (exact) mass is 389 g/mol. The van der Waals surface area contributed by atoms with Crippen LogP contribution in [-0.4, -0.2) is 36.1 Å². The van der Waals surface area contributed by atoms with E-state index < -0.39 is 0 Å². The first kappa shape index (κ1) is 18.7. The van der Waals surface area contributed by atoms with Crippen LogP contribution >= 0.6 is 0 Å². The van der Waals surface area contributed by atoms with E-state index in [1.54, 1.807) is 37.4 Å². The zero-order valence-electron chi connectivity index (χ0n) is 16.3. The number of aromatic nitrogens is 2. The average molecular weight is 389 g/mol. The van der Waals surface area contributed by atoms with Crippen molar-refractivity contribution in [3.8, 4) is 5.75 Å². The van der Waals surface area contributed by atoms with E-state index in [9.17, 15) is 4.79 Å². The molecule has 1 aromatic heterocycles. The summed E-state index contributed by atoms with van der Waals surface area (Å²) in [6, 6.07) is 17.0. The molecule has 29 heavy (non-hydrogen) atoms. The van der Waals surface area contributed by atoms with Crippen LogP contribution in [0.25, 0.3) is 0 Å². The molecule has 1 aliphatic rings. The Balaban J connectivity index is 1.41. The number of benzene rings is 2. The van der Waals surface area contributed by atoms with Gasteiger partial charge in [-0.2, -0.15) is 0 Å².